The Hall–Kier alpha value is -2.27. The highest BCUT2D eigenvalue weighted by Gasteiger charge is 2.09. The van der Waals surface area contributed by atoms with Gasteiger partial charge in [0.05, 0.1) is 11.4 Å². The van der Waals surface area contributed by atoms with Crippen LogP contribution in [0.1, 0.15) is 29.9 Å². The fourth-order valence-electron chi connectivity index (χ4n) is 2.46. The van der Waals surface area contributed by atoms with E-state index < -0.39 is 0 Å². The Morgan fingerprint density at radius 1 is 1.29 bits per heavy atom. The summed E-state index contributed by atoms with van der Waals surface area (Å²) in [6.45, 7) is 4.89. The van der Waals surface area contributed by atoms with Crippen LogP contribution in [0.3, 0.4) is 0 Å². The van der Waals surface area contributed by atoms with Crippen molar-refractivity contribution in [3.05, 3.63) is 53.6 Å². The first-order valence-corrected chi connectivity index (χ1v) is 7.07. The van der Waals surface area contributed by atoms with Crippen LogP contribution in [0.4, 0.5) is 0 Å². The van der Waals surface area contributed by atoms with Gasteiger partial charge in [-0.3, -0.25) is 9.67 Å². The standard InChI is InChI=1S/C16H19N5/c1-11-14-8-13(10-19-16(14)21(3)20-11)9-18-12(2)15-6-4-5-7-17-15/h4-8,10,12,18H,9H2,1-3H3/t12-/m0/s1. The van der Waals surface area contributed by atoms with E-state index in [2.05, 4.69) is 33.4 Å². The zero-order chi connectivity index (χ0) is 14.8. The molecule has 21 heavy (non-hydrogen) atoms. The smallest absolute Gasteiger partial charge is 0.157 e. The van der Waals surface area contributed by atoms with E-state index in [0.717, 1.165) is 34.5 Å². The highest BCUT2D eigenvalue weighted by molar-refractivity contribution is 5.78. The van der Waals surface area contributed by atoms with Gasteiger partial charge in [0.25, 0.3) is 0 Å². The van der Waals surface area contributed by atoms with Crippen molar-refractivity contribution in [3.8, 4) is 0 Å². The van der Waals surface area contributed by atoms with E-state index in [4.69, 9.17) is 0 Å². The van der Waals surface area contributed by atoms with E-state index in [-0.39, 0.29) is 6.04 Å². The lowest BCUT2D eigenvalue weighted by atomic mass is 10.1. The van der Waals surface area contributed by atoms with Crippen molar-refractivity contribution in [2.45, 2.75) is 26.4 Å². The molecule has 5 nitrogen and oxygen atoms in total. The SMILES string of the molecule is Cc1nn(C)c2ncc(CN[C@@H](C)c3ccccn3)cc12. The second-order valence-electron chi connectivity index (χ2n) is 5.28. The minimum absolute atomic E-state index is 0.205. The predicted octanol–water partition coefficient (Wildman–Crippen LogP) is 2.52. The van der Waals surface area contributed by atoms with Crippen LogP contribution in [0.5, 0.6) is 0 Å². The molecule has 1 atom stereocenters. The quantitative estimate of drug-likeness (QED) is 0.798. The maximum Gasteiger partial charge on any atom is 0.157 e. The summed E-state index contributed by atoms with van der Waals surface area (Å²) in [7, 11) is 1.92. The highest BCUT2D eigenvalue weighted by atomic mass is 15.3. The van der Waals surface area contributed by atoms with Gasteiger partial charge in [-0.05, 0) is 37.6 Å². The molecule has 3 rings (SSSR count). The third-order valence-corrected chi connectivity index (χ3v) is 3.66. The summed E-state index contributed by atoms with van der Waals surface area (Å²) >= 11 is 0. The molecule has 0 bridgehead atoms. The van der Waals surface area contributed by atoms with Crippen LogP contribution in [-0.4, -0.2) is 19.7 Å². The van der Waals surface area contributed by atoms with Crippen LogP contribution < -0.4 is 5.32 Å². The summed E-state index contributed by atoms with van der Waals surface area (Å²) in [5.41, 5.74) is 4.14. The lowest BCUT2D eigenvalue weighted by Crippen LogP contribution is -2.19. The Morgan fingerprint density at radius 3 is 2.90 bits per heavy atom. The Morgan fingerprint density at radius 2 is 2.14 bits per heavy atom. The second kappa shape index (κ2) is 5.61. The number of aryl methyl sites for hydroxylation is 2. The van der Waals surface area contributed by atoms with E-state index in [1.165, 1.54) is 0 Å². The average Bonchev–Trinajstić information content (AvgIpc) is 2.80. The molecule has 0 saturated heterocycles. The van der Waals surface area contributed by atoms with Crippen molar-refractivity contribution in [2.75, 3.05) is 0 Å². The van der Waals surface area contributed by atoms with Crippen LogP contribution in [0, 0.1) is 6.92 Å². The molecule has 0 fully saturated rings. The molecule has 108 valence electrons. The van der Waals surface area contributed by atoms with Gasteiger partial charge in [0, 0.05) is 37.4 Å². The van der Waals surface area contributed by atoms with Crippen molar-refractivity contribution in [3.63, 3.8) is 0 Å². The molecule has 0 spiro atoms. The molecule has 3 aromatic rings. The molecule has 0 aliphatic heterocycles. The fourth-order valence-corrected chi connectivity index (χ4v) is 2.46. The summed E-state index contributed by atoms with van der Waals surface area (Å²) in [6, 6.07) is 8.33. The molecular weight excluding hydrogens is 262 g/mol. The van der Waals surface area contributed by atoms with Gasteiger partial charge < -0.3 is 5.32 Å². The molecule has 0 saturated carbocycles. The average molecular weight is 281 g/mol. The van der Waals surface area contributed by atoms with Gasteiger partial charge in [-0.15, -0.1) is 0 Å². The summed E-state index contributed by atoms with van der Waals surface area (Å²) in [5.74, 6) is 0. The van der Waals surface area contributed by atoms with Crippen LogP contribution >= 0.6 is 0 Å². The van der Waals surface area contributed by atoms with E-state index in [1.54, 1.807) is 0 Å². The van der Waals surface area contributed by atoms with Crippen LogP contribution in [0.25, 0.3) is 11.0 Å². The molecule has 0 aromatic carbocycles. The van der Waals surface area contributed by atoms with E-state index in [1.807, 2.05) is 49.2 Å². The molecule has 0 unspecified atom stereocenters. The third-order valence-electron chi connectivity index (χ3n) is 3.66. The third kappa shape index (κ3) is 2.78. The van der Waals surface area contributed by atoms with Gasteiger partial charge in [0.2, 0.25) is 0 Å². The molecule has 0 radical (unpaired) electrons. The Labute approximate surface area is 124 Å². The van der Waals surface area contributed by atoms with Crippen LogP contribution in [0.15, 0.2) is 36.7 Å². The summed E-state index contributed by atoms with van der Waals surface area (Å²) in [5, 5.41) is 8.99. The number of nitrogens with one attached hydrogen (secondary N) is 1. The van der Waals surface area contributed by atoms with Gasteiger partial charge in [0.1, 0.15) is 0 Å². The van der Waals surface area contributed by atoms with Gasteiger partial charge in [-0.25, -0.2) is 4.98 Å². The molecule has 3 heterocycles. The Bertz CT molecular complexity index is 748. The first-order chi connectivity index (χ1) is 10.1. The molecule has 0 aliphatic carbocycles. The first-order valence-electron chi connectivity index (χ1n) is 7.07. The van der Waals surface area contributed by atoms with Gasteiger partial charge in [-0.1, -0.05) is 6.07 Å². The van der Waals surface area contributed by atoms with E-state index in [0.29, 0.717) is 0 Å². The summed E-state index contributed by atoms with van der Waals surface area (Å²) in [6.07, 6.45) is 3.72. The lowest BCUT2D eigenvalue weighted by Gasteiger charge is -2.13. The van der Waals surface area contributed by atoms with E-state index in [9.17, 15) is 0 Å². The monoisotopic (exact) mass is 281 g/mol. The number of rotatable bonds is 4. The van der Waals surface area contributed by atoms with E-state index >= 15 is 0 Å². The van der Waals surface area contributed by atoms with Gasteiger partial charge >= 0.3 is 0 Å². The first kappa shape index (κ1) is 13.7. The lowest BCUT2D eigenvalue weighted by molar-refractivity contribution is 0.561. The van der Waals surface area contributed by atoms with Crippen molar-refractivity contribution in [1.82, 2.24) is 25.1 Å². The van der Waals surface area contributed by atoms with Crippen molar-refractivity contribution in [2.24, 2.45) is 7.05 Å². The Kier molecular flexibility index (Phi) is 3.66. The topological polar surface area (TPSA) is 55.6 Å². The number of fused-ring (bicyclic) bond motifs is 1. The van der Waals surface area contributed by atoms with Gasteiger partial charge in [-0.2, -0.15) is 5.10 Å². The number of hydrogen-bond donors (Lipinski definition) is 1. The highest BCUT2D eigenvalue weighted by Crippen LogP contribution is 2.17. The maximum absolute atomic E-state index is 4.50. The van der Waals surface area contributed by atoms with Crippen molar-refractivity contribution >= 4 is 11.0 Å². The molecule has 1 N–H and O–H groups in total. The van der Waals surface area contributed by atoms with Crippen molar-refractivity contribution in [1.29, 1.82) is 0 Å². The molecule has 5 heteroatoms. The number of nitrogens with zero attached hydrogens (tertiary/aromatic N) is 4. The number of hydrogen-bond acceptors (Lipinski definition) is 4. The minimum atomic E-state index is 0.205. The normalized spacial score (nSPS) is 12.7. The summed E-state index contributed by atoms with van der Waals surface area (Å²) < 4.78 is 1.82. The van der Waals surface area contributed by atoms with Crippen LogP contribution in [0.2, 0.25) is 0 Å². The fraction of sp³-hybridized carbons (Fsp3) is 0.312. The van der Waals surface area contributed by atoms with Gasteiger partial charge in [0.15, 0.2) is 5.65 Å². The minimum Gasteiger partial charge on any atom is -0.305 e. The molecular formula is C16H19N5. The number of aromatic nitrogens is 4. The predicted molar refractivity (Wildman–Crippen MR) is 82.7 cm³/mol. The zero-order valence-electron chi connectivity index (χ0n) is 12.5. The maximum atomic E-state index is 4.50. The summed E-state index contributed by atoms with van der Waals surface area (Å²) in [4.78, 5) is 8.86. The molecule has 0 amide bonds. The largest absolute Gasteiger partial charge is 0.305 e. The molecule has 3 aromatic heterocycles. The zero-order valence-corrected chi connectivity index (χ0v) is 12.5. The second-order valence-corrected chi connectivity index (χ2v) is 5.28. The molecule has 0 aliphatic rings. The Balaban J connectivity index is 1.75. The van der Waals surface area contributed by atoms with Crippen molar-refractivity contribution < 1.29 is 0 Å². The van der Waals surface area contributed by atoms with Crippen LogP contribution in [-0.2, 0) is 13.6 Å². The number of pyridine rings is 2.